The van der Waals surface area contributed by atoms with Crippen molar-refractivity contribution in [2.45, 2.75) is 65.2 Å². The Bertz CT molecular complexity index is 1980. The number of fused-ring (bicyclic) bond motifs is 3. The van der Waals surface area contributed by atoms with E-state index in [2.05, 4.69) is 67.1 Å². The maximum atomic E-state index is 13.6. The van der Waals surface area contributed by atoms with Crippen LogP contribution in [0.1, 0.15) is 65.0 Å². The van der Waals surface area contributed by atoms with Crippen LogP contribution in [-0.2, 0) is 13.1 Å². The third-order valence-electron chi connectivity index (χ3n) is 10.4. The second-order valence-electron chi connectivity index (χ2n) is 13.1. The molecule has 4 heterocycles. The monoisotopic (exact) mass is 586 g/mol. The molecule has 7 nitrogen and oxygen atoms in total. The van der Waals surface area contributed by atoms with Gasteiger partial charge in [-0.2, -0.15) is 0 Å². The lowest BCUT2D eigenvalue weighted by Crippen LogP contribution is -2.41. The van der Waals surface area contributed by atoms with E-state index < -0.39 is 0 Å². The molecular formula is C37H38N4O3. The lowest BCUT2D eigenvalue weighted by atomic mass is 9.98. The van der Waals surface area contributed by atoms with Crippen LogP contribution in [0.5, 0.6) is 0 Å². The van der Waals surface area contributed by atoms with Crippen molar-refractivity contribution < 1.29 is 14.0 Å². The molecule has 1 saturated heterocycles. The zero-order valence-electron chi connectivity index (χ0n) is 25.5. The van der Waals surface area contributed by atoms with E-state index in [-0.39, 0.29) is 23.9 Å². The molecule has 0 spiro atoms. The second kappa shape index (κ2) is 10.1. The summed E-state index contributed by atoms with van der Waals surface area (Å²) in [4.78, 5) is 27.9. The van der Waals surface area contributed by atoms with Gasteiger partial charge in [0.1, 0.15) is 5.58 Å². The average molecular weight is 587 g/mol. The summed E-state index contributed by atoms with van der Waals surface area (Å²) in [5.74, 6) is 1.84. The van der Waals surface area contributed by atoms with Gasteiger partial charge in [0.25, 0.3) is 11.8 Å². The number of aromatic nitrogens is 1. The van der Waals surface area contributed by atoms with E-state index in [4.69, 9.17) is 10.2 Å². The SMILES string of the molecule is CCC1CN(C(=O)c2ccc3c(C)c(-c4cc5ccc(-c6ccc7c(c6)C(=O)NC7)cc5n4CC4CC4)oc3c2)C(C)[C@@H]1N. The molecule has 0 radical (unpaired) electrons. The van der Waals surface area contributed by atoms with Crippen molar-refractivity contribution in [2.24, 2.45) is 17.6 Å². The molecule has 7 heteroatoms. The Morgan fingerprint density at radius 3 is 2.61 bits per heavy atom. The molecule has 3 N–H and O–H groups in total. The maximum absolute atomic E-state index is 13.6. The Hall–Kier alpha value is -4.36. The molecule has 2 aromatic heterocycles. The minimum atomic E-state index is -0.00351. The van der Waals surface area contributed by atoms with Gasteiger partial charge in [0.2, 0.25) is 0 Å². The number of amides is 2. The first-order valence-corrected chi connectivity index (χ1v) is 16.0. The Morgan fingerprint density at radius 2 is 1.84 bits per heavy atom. The molecule has 0 bridgehead atoms. The summed E-state index contributed by atoms with van der Waals surface area (Å²) >= 11 is 0. The highest BCUT2D eigenvalue weighted by Gasteiger charge is 2.38. The summed E-state index contributed by atoms with van der Waals surface area (Å²) in [7, 11) is 0. The highest BCUT2D eigenvalue weighted by atomic mass is 16.3. The van der Waals surface area contributed by atoms with E-state index in [1.807, 2.05) is 29.2 Å². The van der Waals surface area contributed by atoms with Crippen LogP contribution in [0.4, 0.5) is 0 Å². The van der Waals surface area contributed by atoms with Gasteiger partial charge >= 0.3 is 0 Å². The normalized spacial score (nSPS) is 21.4. The zero-order chi connectivity index (χ0) is 30.3. The number of rotatable bonds is 6. The minimum absolute atomic E-state index is 0.00115. The predicted molar refractivity (Wildman–Crippen MR) is 173 cm³/mol. The van der Waals surface area contributed by atoms with E-state index in [9.17, 15) is 9.59 Å². The molecule has 2 unspecified atom stereocenters. The van der Waals surface area contributed by atoms with Crippen molar-refractivity contribution >= 4 is 33.7 Å². The van der Waals surface area contributed by atoms with Gasteiger partial charge in [-0.1, -0.05) is 43.7 Å². The summed E-state index contributed by atoms with van der Waals surface area (Å²) < 4.78 is 9.03. The van der Waals surface area contributed by atoms with E-state index >= 15 is 0 Å². The van der Waals surface area contributed by atoms with E-state index in [1.165, 1.54) is 12.8 Å². The molecule has 2 aliphatic heterocycles. The molecule has 3 atom stereocenters. The number of nitrogens with one attached hydrogen (secondary N) is 1. The third kappa shape index (κ3) is 4.28. The number of aryl methyl sites for hydroxylation is 1. The van der Waals surface area contributed by atoms with Gasteiger partial charge < -0.3 is 24.9 Å². The van der Waals surface area contributed by atoms with Crippen molar-refractivity contribution in [2.75, 3.05) is 6.54 Å². The van der Waals surface area contributed by atoms with Crippen LogP contribution >= 0.6 is 0 Å². The number of nitrogens with zero attached hydrogens (tertiary/aromatic N) is 2. The summed E-state index contributed by atoms with van der Waals surface area (Å²) in [6, 6.07) is 20.8. The maximum Gasteiger partial charge on any atom is 0.254 e. The molecule has 3 aliphatic rings. The molecule has 5 aromatic rings. The smallest absolute Gasteiger partial charge is 0.254 e. The predicted octanol–water partition coefficient (Wildman–Crippen LogP) is 6.88. The van der Waals surface area contributed by atoms with E-state index in [0.717, 1.165) is 74.1 Å². The molecule has 2 fully saturated rings. The standard InChI is InChI=1S/C37H38N4O3/c1-4-23-19-40(21(3)34(23)38)37(43)27-11-12-29-20(2)35(44-33(29)16-27)32-15-26-9-7-25(14-31(26)41(32)18-22-5-6-22)24-8-10-28-17-39-36(42)30(28)13-24/h7-16,21-23,34H,4-6,17-19,38H2,1-3H3,(H,39,42)/t21?,23?,34-/m0/s1. The number of nitrogens with two attached hydrogens (primary N) is 1. The van der Waals surface area contributed by atoms with Crippen molar-refractivity contribution in [3.8, 4) is 22.6 Å². The van der Waals surface area contributed by atoms with Crippen LogP contribution in [0.15, 0.2) is 65.1 Å². The molecule has 2 amide bonds. The lowest BCUT2D eigenvalue weighted by molar-refractivity contribution is 0.0739. The molecule has 3 aromatic carbocycles. The summed E-state index contributed by atoms with van der Waals surface area (Å²) in [5, 5.41) is 5.10. The highest BCUT2D eigenvalue weighted by Crippen LogP contribution is 2.41. The summed E-state index contributed by atoms with van der Waals surface area (Å²) in [5.41, 5.74) is 15.0. The van der Waals surface area contributed by atoms with E-state index in [1.54, 1.807) is 0 Å². The first-order valence-electron chi connectivity index (χ1n) is 16.0. The van der Waals surface area contributed by atoms with Gasteiger partial charge in [-0.05, 0) is 85.5 Å². The number of carbonyl (C=O) groups excluding carboxylic acids is 2. The highest BCUT2D eigenvalue weighted by molar-refractivity contribution is 6.01. The number of hydrogen-bond acceptors (Lipinski definition) is 4. The van der Waals surface area contributed by atoms with E-state index in [0.29, 0.717) is 30.5 Å². The summed E-state index contributed by atoms with van der Waals surface area (Å²) in [6.45, 7) is 8.52. The van der Waals surface area contributed by atoms with Crippen molar-refractivity contribution in [3.63, 3.8) is 0 Å². The first-order chi connectivity index (χ1) is 21.3. The fourth-order valence-corrected chi connectivity index (χ4v) is 7.35. The van der Waals surface area contributed by atoms with Crippen molar-refractivity contribution in [1.82, 2.24) is 14.8 Å². The average Bonchev–Trinajstić information content (AvgIpc) is 3.43. The van der Waals surface area contributed by atoms with Crippen molar-refractivity contribution in [1.29, 1.82) is 0 Å². The number of hydrogen-bond donors (Lipinski definition) is 2. The van der Waals surface area contributed by atoms with Crippen molar-refractivity contribution in [3.05, 3.63) is 82.9 Å². The molecule has 1 aliphatic carbocycles. The van der Waals surface area contributed by atoms with Crippen LogP contribution in [-0.4, -0.2) is 39.9 Å². The lowest BCUT2D eigenvalue weighted by Gasteiger charge is -2.23. The Morgan fingerprint density at radius 1 is 1.05 bits per heavy atom. The van der Waals surface area contributed by atoms with Crippen LogP contribution in [0.2, 0.25) is 0 Å². The second-order valence-corrected chi connectivity index (χ2v) is 13.1. The number of likely N-dealkylation sites (tertiary alicyclic amines) is 1. The minimum Gasteiger partial charge on any atom is -0.454 e. The number of carbonyl (C=O) groups is 2. The number of furan rings is 1. The van der Waals surface area contributed by atoms with Crippen LogP contribution in [0.25, 0.3) is 44.5 Å². The van der Waals surface area contributed by atoms with Gasteiger partial charge in [0.15, 0.2) is 5.76 Å². The zero-order valence-corrected chi connectivity index (χ0v) is 25.5. The van der Waals surface area contributed by atoms with Gasteiger partial charge in [-0.25, -0.2) is 0 Å². The molecular weight excluding hydrogens is 548 g/mol. The molecule has 224 valence electrons. The third-order valence-corrected chi connectivity index (χ3v) is 10.4. The molecule has 1 saturated carbocycles. The van der Waals surface area contributed by atoms with Gasteiger partial charge in [0.05, 0.1) is 5.69 Å². The summed E-state index contributed by atoms with van der Waals surface area (Å²) in [6.07, 6.45) is 3.44. The van der Waals surface area contributed by atoms with Gasteiger partial charge in [-0.15, -0.1) is 0 Å². The number of benzene rings is 3. The van der Waals surface area contributed by atoms with Crippen LogP contribution in [0, 0.1) is 18.8 Å². The van der Waals surface area contributed by atoms with Crippen LogP contribution in [0.3, 0.4) is 0 Å². The largest absolute Gasteiger partial charge is 0.454 e. The van der Waals surface area contributed by atoms with Crippen LogP contribution < -0.4 is 11.1 Å². The Balaban J connectivity index is 1.19. The molecule has 44 heavy (non-hydrogen) atoms. The fourth-order valence-electron chi connectivity index (χ4n) is 7.35. The van der Waals surface area contributed by atoms with Gasteiger partial charge in [-0.3, -0.25) is 9.59 Å². The van der Waals surface area contributed by atoms with Gasteiger partial charge in [0, 0.05) is 64.7 Å². The molecule has 8 rings (SSSR count). The quantitative estimate of drug-likeness (QED) is 0.227. The Labute approximate surface area is 257 Å². The topological polar surface area (TPSA) is 93.5 Å². The fraction of sp³-hybridized carbons (Fsp3) is 0.351. The first kappa shape index (κ1) is 27.2. The Kier molecular flexibility index (Phi) is 6.24.